The van der Waals surface area contributed by atoms with Gasteiger partial charge in [0, 0.05) is 6.42 Å². The maximum atomic E-state index is 12.5. The standard InChI is InChI=1S/C64H115NO3/c1-3-5-7-9-11-13-15-17-19-20-21-22-23-24-25-26-27-28-29-30-31-32-33-34-35-36-37-38-39-40-41-42-43-44-46-48-50-52-54-56-58-60-64(68)65-62(61-66)63(67)59-57-55-53-51-49-47-45-18-16-14-12-10-8-6-4-2/h5,7,11,13,17,19,21-22,24-25,49,51,57,59,62-63,66-67H,3-4,6,8-10,12,14-16,18,20,23,26-48,50,52-56,58,60-61H2,1-2H3,(H,65,68)/b7-5-,13-11-,19-17-,22-21-,25-24-,51-49+,59-57+. The predicted molar refractivity (Wildman–Crippen MR) is 303 cm³/mol. The van der Waals surface area contributed by atoms with Crippen molar-refractivity contribution in [2.45, 2.75) is 309 Å². The number of aliphatic hydroxyl groups is 2. The zero-order chi connectivity index (χ0) is 49.2. The molecule has 2 atom stereocenters. The number of unbranched alkanes of at least 4 members (excludes halogenated alkanes) is 35. The van der Waals surface area contributed by atoms with E-state index in [0.717, 1.165) is 64.2 Å². The number of amides is 1. The lowest BCUT2D eigenvalue weighted by Gasteiger charge is -2.19. The fourth-order valence-electron chi connectivity index (χ4n) is 8.87. The van der Waals surface area contributed by atoms with Crippen molar-refractivity contribution in [1.29, 1.82) is 0 Å². The van der Waals surface area contributed by atoms with Crippen molar-refractivity contribution in [1.82, 2.24) is 5.32 Å². The molecule has 0 saturated heterocycles. The first-order valence-corrected chi connectivity index (χ1v) is 29.8. The monoisotopic (exact) mass is 946 g/mol. The molecule has 4 heteroatoms. The van der Waals surface area contributed by atoms with E-state index in [1.54, 1.807) is 6.08 Å². The maximum absolute atomic E-state index is 12.5. The van der Waals surface area contributed by atoms with Gasteiger partial charge in [-0.15, -0.1) is 0 Å². The highest BCUT2D eigenvalue weighted by Gasteiger charge is 2.18. The second-order valence-corrected chi connectivity index (χ2v) is 20.0. The minimum Gasteiger partial charge on any atom is -0.394 e. The summed E-state index contributed by atoms with van der Waals surface area (Å²) in [5.41, 5.74) is 0. The van der Waals surface area contributed by atoms with E-state index >= 15 is 0 Å². The SMILES string of the molecule is CC/C=C\C/C=C\C/C=C\C/C=C\C/C=C\CCCCCCCCCCCCCCCCCCCCCCCCCCCC(=O)NC(CO)C(O)/C=C/CC/C=C/CCCCCCCCCCC. The fraction of sp³-hybridized carbons (Fsp3) is 0.766. The van der Waals surface area contributed by atoms with Gasteiger partial charge in [0.1, 0.15) is 0 Å². The Morgan fingerprint density at radius 1 is 0.368 bits per heavy atom. The molecule has 2 unspecified atom stereocenters. The van der Waals surface area contributed by atoms with Gasteiger partial charge in [-0.3, -0.25) is 4.79 Å². The molecule has 0 aromatic carbocycles. The van der Waals surface area contributed by atoms with Gasteiger partial charge in [0.2, 0.25) is 5.91 Å². The van der Waals surface area contributed by atoms with E-state index in [-0.39, 0.29) is 12.5 Å². The Hall–Kier alpha value is -2.43. The van der Waals surface area contributed by atoms with Crippen LogP contribution in [0.4, 0.5) is 0 Å². The van der Waals surface area contributed by atoms with Crippen LogP contribution in [0.1, 0.15) is 296 Å². The zero-order valence-electron chi connectivity index (χ0n) is 45.4. The van der Waals surface area contributed by atoms with Gasteiger partial charge in [-0.05, 0) is 77.0 Å². The summed E-state index contributed by atoms with van der Waals surface area (Å²) in [6, 6.07) is -0.639. The largest absolute Gasteiger partial charge is 0.394 e. The minimum atomic E-state index is -0.862. The van der Waals surface area contributed by atoms with Gasteiger partial charge in [0.15, 0.2) is 0 Å². The molecule has 0 fully saturated rings. The highest BCUT2D eigenvalue weighted by molar-refractivity contribution is 5.76. The van der Waals surface area contributed by atoms with Crippen molar-refractivity contribution >= 4 is 5.91 Å². The van der Waals surface area contributed by atoms with E-state index in [1.165, 1.54) is 212 Å². The van der Waals surface area contributed by atoms with Crippen LogP contribution in [0.25, 0.3) is 0 Å². The lowest BCUT2D eigenvalue weighted by molar-refractivity contribution is -0.123. The van der Waals surface area contributed by atoms with Crippen LogP contribution in [0, 0.1) is 0 Å². The van der Waals surface area contributed by atoms with Crippen LogP contribution in [0.15, 0.2) is 85.1 Å². The van der Waals surface area contributed by atoms with Gasteiger partial charge in [-0.25, -0.2) is 0 Å². The van der Waals surface area contributed by atoms with Gasteiger partial charge >= 0.3 is 0 Å². The lowest BCUT2D eigenvalue weighted by atomic mass is 10.0. The number of hydrogen-bond acceptors (Lipinski definition) is 3. The first-order chi connectivity index (χ1) is 33.7. The van der Waals surface area contributed by atoms with Crippen molar-refractivity contribution < 1.29 is 15.0 Å². The third-order valence-electron chi connectivity index (χ3n) is 13.4. The third kappa shape index (κ3) is 54.5. The van der Waals surface area contributed by atoms with Crippen LogP contribution >= 0.6 is 0 Å². The Balaban J connectivity index is 3.43. The Morgan fingerprint density at radius 3 is 1.03 bits per heavy atom. The van der Waals surface area contributed by atoms with E-state index in [4.69, 9.17) is 0 Å². The Morgan fingerprint density at radius 2 is 0.662 bits per heavy atom. The molecule has 0 saturated carbocycles. The van der Waals surface area contributed by atoms with Gasteiger partial charge in [-0.2, -0.15) is 0 Å². The molecule has 68 heavy (non-hydrogen) atoms. The van der Waals surface area contributed by atoms with Crippen molar-refractivity contribution in [3.05, 3.63) is 85.1 Å². The zero-order valence-corrected chi connectivity index (χ0v) is 45.4. The minimum absolute atomic E-state index is 0.0711. The van der Waals surface area contributed by atoms with E-state index in [2.05, 4.69) is 92.1 Å². The van der Waals surface area contributed by atoms with Crippen LogP contribution in [0.2, 0.25) is 0 Å². The predicted octanol–water partition coefficient (Wildman–Crippen LogP) is 19.9. The smallest absolute Gasteiger partial charge is 0.220 e. The van der Waals surface area contributed by atoms with Crippen molar-refractivity contribution in [2.75, 3.05) is 6.61 Å². The number of hydrogen-bond donors (Lipinski definition) is 3. The van der Waals surface area contributed by atoms with E-state index in [0.29, 0.717) is 6.42 Å². The Bertz CT molecular complexity index is 1210. The van der Waals surface area contributed by atoms with Crippen LogP contribution in [-0.4, -0.2) is 34.9 Å². The Labute approximate surface area is 424 Å². The molecule has 0 aliphatic heterocycles. The maximum Gasteiger partial charge on any atom is 0.220 e. The highest BCUT2D eigenvalue weighted by Crippen LogP contribution is 2.17. The summed E-state index contributed by atoms with van der Waals surface area (Å²) in [5, 5.41) is 23.1. The molecule has 0 aliphatic carbocycles. The summed E-state index contributed by atoms with van der Waals surface area (Å²) in [7, 11) is 0. The van der Waals surface area contributed by atoms with Gasteiger partial charge in [0.05, 0.1) is 18.8 Å². The number of rotatable bonds is 54. The summed E-state index contributed by atoms with van der Waals surface area (Å²) in [6.45, 7) is 4.19. The number of carbonyl (C=O) groups excluding carboxylic acids is 1. The molecule has 0 aliphatic rings. The first kappa shape index (κ1) is 65.6. The second-order valence-electron chi connectivity index (χ2n) is 20.0. The summed E-state index contributed by atoms with van der Waals surface area (Å²) in [5.74, 6) is -0.0711. The summed E-state index contributed by atoms with van der Waals surface area (Å²) in [6.07, 6.45) is 86.3. The number of aliphatic hydroxyl groups excluding tert-OH is 2. The second kappa shape index (κ2) is 58.9. The molecule has 0 aromatic heterocycles. The van der Waals surface area contributed by atoms with Crippen LogP contribution < -0.4 is 5.32 Å². The molecule has 0 radical (unpaired) electrons. The first-order valence-electron chi connectivity index (χ1n) is 29.8. The molecule has 4 nitrogen and oxygen atoms in total. The topological polar surface area (TPSA) is 69.6 Å². The molecule has 0 bridgehead atoms. The molecule has 0 spiro atoms. The van der Waals surface area contributed by atoms with E-state index < -0.39 is 12.1 Å². The van der Waals surface area contributed by atoms with Crippen LogP contribution in [0.3, 0.4) is 0 Å². The third-order valence-corrected chi connectivity index (χ3v) is 13.4. The Kier molecular flexibility index (Phi) is 56.8. The van der Waals surface area contributed by atoms with Gasteiger partial charge in [0.25, 0.3) is 0 Å². The normalized spacial score (nSPS) is 13.4. The van der Waals surface area contributed by atoms with Crippen LogP contribution in [-0.2, 0) is 4.79 Å². The molecule has 1 amide bonds. The van der Waals surface area contributed by atoms with Crippen molar-refractivity contribution in [3.63, 3.8) is 0 Å². The molecular weight excluding hydrogens is 831 g/mol. The molecule has 0 aromatic rings. The average Bonchev–Trinajstić information content (AvgIpc) is 3.34. The fourth-order valence-corrected chi connectivity index (χ4v) is 8.87. The molecule has 0 rings (SSSR count). The van der Waals surface area contributed by atoms with Gasteiger partial charge in [-0.1, -0.05) is 298 Å². The van der Waals surface area contributed by atoms with Gasteiger partial charge < -0.3 is 15.5 Å². The summed E-state index contributed by atoms with van der Waals surface area (Å²) in [4.78, 5) is 12.5. The van der Waals surface area contributed by atoms with E-state index in [1.807, 2.05) is 6.08 Å². The number of nitrogens with one attached hydrogen (secondary N) is 1. The lowest BCUT2D eigenvalue weighted by Crippen LogP contribution is -2.45. The number of carbonyl (C=O) groups is 1. The average molecular weight is 947 g/mol. The molecule has 394 valence electrons. The van der Waals surface area contributed by atoms with Crippen molar-refractivity contribution in [2.24, 2.45) is 0 Å². The summed E-state index contributed by atoms with van der Waals surface area (Å²) >= 11 is 0. The molecule has 3 N–H and O–H groups in total. The van der Waals surface area contributed by atoms with Crippen molar-refractivity contribution in [3.8, 4) is 0 Å². The van der Waals surface area contributed by atoms with Crippen LogP contribution in [0.5, 0.6) is 0 Å². The van der Waals surface area contributed by atoms with E-state index in [9.17, 15) is 15.0 Å². The quantitative estimate of drug-likeness (QED) is 0.0420. The molecular formula is C64H115NO3. The number of allylic oxidation sites excluding steroid dienone is 13. The highest BCUT2D eigenvalue weighted by atomic mass is 16.3. The summed E-state index contributed by atoms with van der Waals surface area (Å²) < 4.78 is 0. The molecule has 0 heterocycles.